The summed E-state index contributed by atoms with van der Waals surface area (Å²) in [6, 6.07) is 7.85. The summed E-state index contributed by atoms with van der Waals surface area (Å²) in [4.78, 5) is 14.0. The van der Waals surface area contributed by atoms with Gasteiger partial charge in [-0.05, 0) is 43.4 Å². The Balaban J connectivity index is 0.00000192. The molecule has 128 valence electrons. The van der Waals surface area contributed by atoms with E-state index >= 15 is 0 Å². The lowest BCUT2D eigenvalue weighted by Gasteiger charge is -2.65. The second-order valence-electron chi connectivity index (χ2n) is 6.81. The number of hydrogen-bond acceptors (Lipinski definition) is 4. The number of nitrogens with one attached hydrogen (secondary N) is 1. The van der Waals surface area contributed by atoms with Gasteiger partial charge in [0.1, 0.15) is 5.54 Å². The largest absolute Gasteiger partial charge is 0.377 e. The van der Waals surface area contributed by atoms with E-state index in [2.05, 4.69) is 5.32 Å². The van der Waals surface area contributed by atoms with E-state index in [-0.39, 0.29) is 35.8 Å². The zero-order valence-electron chi connectivity index (χ0n) is 13.8. The maximum Gasteiger partial charge on any atom is 0.245 e. The minimum absolute atomic E-state index is 0. The number of amides is 1. The third kappa shape index (κ3) is 2.78. The molecule has 0 aromatic heterocycles. The number of fused-ring (bicyclic) bond motifs is 1. The smallest absolute Gasteiger partial charge is 0.245 e. The lowest BCUT2D eigenvalue weighted by atomic mass is 9.46. The Morgan fingerprint density at radius 2 is 2.00 bits per heavy atom. The molecule has 1 aliphatic heterocycles. The summed E-state index contributed by atoms with van der Waals surface area (Å²) >= 11 is 1.68. The summed E-state index contributed by atoms with van der Waals surface area (Å²) in [5, 5.41) is 3.00. The first-order chi connectivity index (χ1) is 10.4. The Labute approximate surface area is 148 Å². The highest BCUT2D eigenvalue weighted by molar-refractivity contribution is 7.98. The molecular formula is C17H25ClN2O2S. The zero-order valence-corrected chi connectivity index (χ0v) is 15.4. The van der Waals surface area contributed by atoms with Gasteiger partial charge in [0.15, 0.2) is 0 Å². The molecule has 3 N–H and O–H groups in total. The minimum Gasteiger partial charge on any atom is -0.377 e. The first-order valence-electron chi connectivity index (χ1n) is 7.77. The van der Waals surface area contributed by atoms with E-state index in [0.29, 0.717) is 0 Å². The summed E-state index contributed by atoms with van der Waals surface area (Å²) < 4.78 is 5.86. The fourth-order valence-electron chi connectivity index (χ4n) is 3.95. The summed E-state index contributed by atoms with van der Waals surface area (Å²) in [6.45, 7) is 4.85. The fourth-order valence-corrected chi connectivity index (χ4v) is 4.35. The number of halogens is 1. The molecule has 0 bridgehead atoms. The molecule has 0 spiro atoms. The van der Waals surface area contributed by atoms with Crippen LogP contribution in [0.2, 0.25) is 0 Å². The number of nitrogens with two attached hydrogens (primary N) is 1. The maximum absolute atomic E-state index is 12.8. The molecule has 0 radical (unpaired) electrons. The van der Waals surface area contributed by atoms with Gasteiger partial charge in [-0.3, -0.25) is 4.79 Å². The van der Waals surface area contributed by atoms with Gasteiger partial charge in [-0.15, -0.1) is 24.2 Å². The van der Waals surface area contributed by atoms with Crippen LogP contribution in [0.25, 0.3) is 0 Å². The molecule has 2 fully saturated rings. The summed E-state index contributed by atoms with van der Waals surface area (Å²) in [6.07, 6.45) is 4.06. The number of carbonyl (C=O) groups is 1. The molecule has 1 aromatic carbocycles. The van der Waals surface area contributed by atoms with Gasteiger partial charge < -0.3 is 15.8 Å². The Morgan fingerprint density at radius 3 is 2.61 bits per heavy atom. The van der Waals surface area contributed by atoms with Crippen LogP contribution in [0.15, 0.2) is 29.2 Å². The van der Waals surface area contributed by atoms with Crippen LogP contribution < -0.4 is 11.1 Å². The predicted molar refractivity (Wildman–Crippen MR) is 97.3 cm³/mol. The molecule has 1 saturated carbocycles. The monoisotopic (exact) mass is 356 g/mol. The van der Waals surface area contributed by atoms with Crippen LogP contribution in [0.1, 0.15) is 26.7 Å². The molecule has 23 heavy (non-hydrogen) atoms. The molecule has 4 nitrogen and oxygen atoms in total. The summed E-state index contributed by atoms with van der Waals surface area (Å²) in [7, 11) is 0. The average molecular weight is 357 g/mol. The van der Waals surface area contributed by atoms with Crippen LogP contribution >= 0.6 is 24.2 Å². The van der Waals surface area contributed by atoms with Crippen LogP contribution in [-0.2, 0) is 9.53 Å². The van der Waals surface area contributed by atoms with Gasteiger partial charge in [0, 0.05) is 28.5 Å². The van der Waals surface area contributed by atoms with Gasteiger partial charge in [0.05, 0.1) is 6.10 Å². The number of rotatable bonds is 3. The number of ether oxygens (including phenoxy) is 1. The van der Waals surface area contributed by atoms with Gasteiger partial charge >= 0.3 is 0 Å². The first-order valence-corrected chi connectivity index (χ1v) is 8.99. The quantitative estimate of drug-likeness (QED) is 0.815. The van der Waals surface area contributed by atoms with E-state index in [4.69, 9.17) is 10.5 Å². The van der Waals surface area contributed by atoms with Crippen molar-refractivity contribution in [2.75, 3.05) is 18.2 Å². The van der Waals surface area contributed by atoms with Gasteiger partial charge in [-0.25, -0.2) is 0 Å². The third-order valence-corrected chi connectivity index (χ3v) is 6.15. The van der Waals surface area contributed by atoms with Crippen LogP contribution in [0, 0.1) is 11.3 Å². The molecule has 1 heterocycles. The molecule has 1 amide bonds. The SMILES string of the molecule is CSc1ccc(NC(=O)C2(N)C3CCCOC3C2(C)C)cc1.Cl. The van der Waals surface area contributed by atoms with Crippen molar-refractivity contribution in [2.45, 2.75) is 43.2 Å². The van der Waals surface area contributed by atoms with E-state index in [1.165, 1.54) is 4.90 Å². The summed E-state index contributed by atoms with van der Waals surface area (Å²) in [5.41, 5.74) is 6.17. The Hall–Kier alpha value is -0.750. The van der Waals surface area contributed by atoms with Crippen LogP contribution in [0.5, 0.6) is 0 Å². The molecule has 2 aliphatic rings. The van der Waals surface area contributed by atoms with Gasteiger partial charge in [-0.1, -0.05) is 13.8 Å². The normalized spacial score (nSPS) is 31.3. The van der Waals surface area contributed by atoms with E-state index in [1.807, 2.05) is 44.4 Å². The topological polar surface area (TPSA) is 64.4 Å². The van der Waals surface area contributed by atoms with Crippen molar-refractivity contribution >= 4 is 35.8 Å². The zero-order chi connectivity index (χ0) is 16.0. The third-order valence-electron chi connectivity index (χ3n) is 5.41. The average Bonchev–Trinajstić information content (AvgIpc) is 2.54. The lowest BCUT2D eigenvalue weighted by molar-refractivity contribution is -0.222. The fraction of sp³-hybridized carbons (Fsp3) is 0.588. The molecule has 1 aliphatic carbocycles. The highest BCUT2D eigenvalue weighted by atomic mass is 35.5. The van der Waals surface area contributed by atoms with Crippen molar-refractivity contribution in [2.24, 2.45) is 17.1 Å². The van der Waals surface area contributed by atoms with Gasteiger partial charge in [0.2, 0.25) is 5.91 Å². The predicted octanol–water partition coefficient (Wildman–Crippen LogP) is 3.30. The number of carbonyl (C=O) groups excluding carboxylic acids is 1. The van der Waals surface area contributed by atoms with Gasteiger partial charge in [0.25, 0.3) is 0 Å². The number of hydrogen-bond donors (Lipinski definition) is 2. The van der Waals surface area contributed by atoms with Gasteiger partial charge in [-0.2, -0.15) is 0 Å². The Bertz CT molecular complexity index is 578. The molecule has 3 unspecified atom stereocenters. The second kappa shape index (κ2) is 6.63. The van der Waals surface area contributed by atoms with E-state index in [0.717, 1.165) is 25.1 Å². The molecule has 3 rings (SSSR count). The first kappa shape index (κ1) is 18.6. The molecule has 3 atom stereocenters. The van der Waals surface area contributed by atoms with Crippen molar-refractivity contribution in [1.29, 1.82) is 0 Å². The number of anilines is 1. The second-order valence-corrected chi connectivity index (χ2v) is 7.69. The standard InChI is InChI=1S/C17H24N2O2S.ClH/c1-16(2)14-13(5-4-10-21-14)17(16,18)15(20)19-11-6-8-12(22-3)9-7-11;/h6-9,13-14H,4-5,10,18H2,1-3H3,(H,19,20);1H. The lowest BCUT2D eigenvalue weighted by Crippen LogP contribution is -2.81. The van der Waals surface area contributed by atoms with Crippen molar-refractivity contribution in [3.05, 3.63) is 24.3 Å². The molecular weight excluding hydrogens is 332 g/mol. The van der Waals surface area contributed by atoms with E-state index in [9.17, 15) is 4.79 Å². The maximum atomic E-state index is 12.8. The number of thioether (sulfide) groups is 1. The van der Waals surface area contributed by atoms with Crippen molar-refractivity contribution in [3.8, 4) is 0 Å². The van der Waals surface area contributed by atoms with E-state index in [1.54, 1.807) is 11.8 Å². The van der Waals surface area contributed by atoms with Crippen molar-refractivity contribution < 1.29 is 9.53 Å². The van der Waals surface area contributed by atoms with Crippen molar-refractivity contribution in [3.63, 3.8) is 0 Å². The minimum atomic E-state index is -0.865. The Kier molecular flexibility index (Phi) is 5.36. The van der Waals surface area contributed by atoms with E-state index < -0.39 is 5.54 Å². The Morgan fingerprint density at radius 1 is 1.35 bits per heavy atom. The molecule has 1 saturated heterocycles. The number of benzene rings is 1. The highest BCUT2D eigenvalue weighted by Crippen LogP contribution is 2.57. The van der Waals surface area contributed by atoms with Crippen LogP contribution in [0.3, 0.4) is 0 Å². The van der Waals surface area contributed by atoms with Crippen LogP contribution in [0.4, 0.5) is 5.69 Å². The molecule has 6 heteroatoms. The molecule has 1 aromatic rings. The van der Waals surface area contributed by atoms with Crippen LogP contribution in [-0.4, -0.2) is 30.4 Å². The summed E-state index contributed by atoms with van der Waals surface area (Å²) in [5.74, 6) is 0.0165. The van der Waals surface area contributed by atoms with Crippen molar-refractivity contribution in [1.82, 2.24) is 0 Å². The highest BCUT2D eigenvalue weighted by Gasteiger charge is 2.70.